The minimum Gasteiger partial charge on any atom is -0.311 e. The molecule has 106 valence electrons. The predicted molar refractivity (Wildman–Crippen MR) is 83.6 cm³/mol. The number of rotatable bonds is 5. The first-order chi connectivity index (χ1) is 9.83. The Labute approximate surface area is 124 Å². The molecule has 1 fully saturated rings. The van der Waals surface area contributed by atoms with Crippen LogP contribution >= 0.6 is 11.3 Å². The van der Waals surface area contributed by atoms with Gasteiger partial charge in [0, 0.05) is 18.1 Å². The highest BCUT2D eigenvalue weighted by Gasteiger charge is 2.22. The molecule has 1 aliphatic rings. The lowest BCUT2D eigenvalue weighted by molar-refractivity contribution is 0.391. The summed E-state index contributed by atoms with van der Waals surface area (Å²) in [6, 6.07) is 5.95. The first kappa shape index (κ1) is 13.7. The van der Waals surface area contributed by atoms with Crippen molar-refractivity contribution in [3.05, 3.63) is 35.5 Å². The van der Waals surface area contributed by atoms with E-state index in [9.17, 15) is 0 Å². The van der Waals surface area contributed by atoms with Gasteiger partial charge in [0.15, 0.2) is 0 Å². The van der Waals surface area contributed by atoms with Crippen LogP contribution in [0.1, 0.15) is 31.9 Å². The Morgan fingerprint density at radius 1 is 1.35 bits per heavy atom. The Bertz CT molecular complexity index is 538. The minimum atomic E-state index is 0.851. The smallest absolute Gasteiger partial charge is 0.142 e. The lowest BCUT2D eigenvalue weighted by Gasteiger charge is -2.15. The number of hydrogen-bond acceptors (Lipinski definition) is 4. The third-order valence-corrected chi connectivity index (χ3v) is 5.10. The summed E-state index contributed by atoms with van der Waals surface area (Å²) in [6.07, 6.45) is 5.99. The van der Waals surface area contributed by atoms with Gasteiger partial charge in [-0.25, -0.2) is 4.98 Å². The SMILES string of the molecule is CC1CCCC1CNCc1csc(-c2ccccn2)n1. The van der Waals surface area contributed by atoms with E-state index in [-0.39, 0.29) is 0 Å². The summed E-state index contributed by atoms with van der Waals surface area (Å²) in [5.74, 6) is 1.73. The standard InChI is InChI=1S/C16H21N3S/c1-12-5-4-6-13(12)9-17-10-14-11-20-16(19-14)15-7-2-3-8-18-15/h2-3,7-8,11-13,17H,4-6,9-10H2,1H3. The number of thiazole rings is 1. The molecule has 2 heterocycles. The molecule has 4 heteroatoms. The van der Waals surface area contributed by atoms with Crippen molar-refractivity contribution in [2.24, 2.45) is 11.8 Å². The van der Waals surface area contributed by atoms with Crippen LogP contribution in [0.25, 0.3) is 10.7 Å². The van der Waals surface area contributed by atoms with Crippen LogP contribution in [0.15, 0.2) is 29.8 Å². The highest BCUT2D eigenvalue weighted by Crippen LogP contribution is 2.30. The van der Waals surface area contributed by atoms with Crippen LogP contribution in [-0.4, -0.2) is 16.5 Å². The molecule has 1 N–H and O–H groups in total. The molecule has 3 nitrogen and oxygen atoms in total. The number of nitrogens with one attached hydrogen (secondary N) is 1. The summed E-state index contributed by atoms with van der Waals surface area (Å²) in [5.41, 5.74) is 2.09. The molecule has 2 aromatic heterocycles. The summed E-state index contributed by atoms with van der Waals surface area (Å²) in [7, 11) is 0. The number of aromatic nitrogens is 2. The van der Waals surface area contributed by atoms with Gasteiger partial charge in [-0.1, -0.05) is 25.8 Å². The van der Waals surface area contributed by atoms with E-state index < -0.39 is 0 Å². The molecule has 0 amide bonds. The maximum Gasteiger partial charge on any atom is 0.142 e. The first-order valence-corrected chi connectivity index (χ1v) is 8.27. The molecule has 2 atom stereocenters. The normalized spacial score (nSPS) is 22.2. The second-order valence-corrected chi connectivity index (χ2v) is 6.52. The van der Waals surface area contributed by atoms with Gasteiger partial charge < -0.3 is 5.32 Å². The second-order valence-electron chi connectivity index (χ2n) is 5.66. The van der Waals surface area contributed by atoms with Crippen LogP contribution < -0.4 is 5.32 Å². The van der Waals surface area contributed by atoms with Crippen molar-refractivity contribution in [2.75, 3.05) is 6.54 Å². The molecule has 0 bridgehead atoms. The van der Waals surface area contributed by atoms with Gasteiger partial charge >= 0.3 is 0 Å². The summed E-state index contributed by atoms with van der Waals surface area (Å²) < 4.78 is 0. The zero-order chi connectivity index (χ0) is 13.8. The Hall–Kier alpha value is -1.26. The van der Waals surface area contributed by atoms with Crippen molar-refractivity contribution in [1.82, 2.24) is 15.3 Å². The zero-order valence-corrected chi connectivity index (χ0v) is 12.7. The Kier molecular flexibility index (Phi) is 4.43. The molecule has 0 aromatic carbocycles. The second kappa shape index (κ2) is 6.46. The summed E-state index contributed by atoms with van der Waals surface area (Å²) in [5, 5.41) is 6.71. The maximum absolute atomic E-state index is 4.66. The van der Waals surface area contributed by atoms with Crippen LogP contribution in [0.5, 0.6) is 0 Å². The quantitative estimate of drug-likeness (QED) is 0.910. The maximum atomic E-state index is 4.66. The van der Waals surface area contributed by atoms with E-state index in [1.807, 2.05) is 24.4 Å². The molecule has 2 unspecified atom stereocenters. The lowest BCUT2D eigenvalue weighted by Crippen LogP contribution is -2.24. The van der Waals surface area contributed by atoms with Crippen molar-refractivity contribution < 1.29 is 0 Å². The third-order valence-electron chi connectivity index (χ3n) is 4.19. The van der Waals surface area contributed by atoms with E-state index in [0.29, 0.717) is 0 Å². The van der Waals surface area contributed by atoms with Crippen molar-refractivity contribution in [1.29, 1.82) is 0 Å². The summed E-state index contributed by atoms with van der Waals surface area (Å²) in [4.78, 5) is 9.00. The monoisotopic (exact) mass is 287 g/mol. The van der Waals surface area contributed by atoms with E-state index in [1.165, 1.54) is 19.3 Å². The van der Waals surface area contributed by atoms with Crippen LogP contribution in [0.4, 0.5) is 0 Å². The highest BCUT2D eigenvalue weighted by molar-refractivity contribution is 7.13. The number of nitrogens with zero attached hydrogens (tertiary/aromatic N) is 2. The van der Waals surface area contributed by atoms with Crippen molar-refractivity contribution in [3.8, 4) is 10.7 Å². The van der Waals surface area contributed by atoms with Crippen molar-refractivity contribution in [2.45, 2.75) is 32.7 Å². The van der Waals surface area contributed by atoms with E-state index >= 15 is 0 Å². The topological polar surface area (TPSA) is 37.8 Å². The molecule has 20 heavy (non-hydrogen) atoms. The Morgan fingerprint density at radius 3 is 3.05 bits per heavy atom. The molecule has 1 aliphatic carbocycles. The van der Waals surface area contributed by atoms with E-state index in [0.717, 1.165) is 41.3 Å². The van der Waals surface area contributed by atoms with E-state index in [1.54, 1.807) is 11.3 Å². The summed E-state index contributed by atoms with van der Waals surface area (Å²) in [6.45, 7) is 4.37. The van der Waals surface area contributed by atoms with E-state index in [4.69, 9.17) is 0 Å². The summed E-state index contributed by atoms with van der Waals surface area (Å²) >= 11 is 1.67. The van der Waals surface area contributed by atoms with Crippen molar-refractivity contribution >= 4 is 11.3 Å². The zero-order valence-electron chi connectivity index (χ0n) is 11.9. The van der Waals surface area contributed by atoms with Crippen LogP contribution in [0.3, 0.4) is 0 Å². The van der Waals surface area contributed by atoms with E-state index in [2.05, 4.69) is 27.6 Å². The molecule has 3 rings (SSSR count). The van der Waals surface area contributed by atoms with Gasteiger partial charge in [-0.2, -0.15) is 0 Å². The fourth-order valence-corrected chi connectivity index (χ4v) is 3.70. The molecule has 0 saturated heterocycles. The van der Waals surface area contributed by atoms with Crippen molar-refractivity contribution in [3.63, 3.8) is 0 Å². The molecule has 0 spiro atoms. The van der Waals surface area contributed by atoms with Gasteiger partial charge in [-0.15, -0.1) is 11.3 Å². The predicted octanol–water partition coefficient (Wildman–Crippen LogP) is 3.73. The highest BCUT2D eigenvalue weighted by atomic mass is 32.1. The van der Waals surface area contributed by atoms with Crippen LogP contribution in [0.2, 0.25) is 0 Å². The molecule has 0 radical (unpaired) electrons. The average Bonchev–Trinajstić information content (AvgIpc) is 3.10. The first-order valence-electron chi connectivity index (χ1n) is 7.39. The largest absolute Gasteiger partial charge is 0.311 e. The number of pyridine rings is 1. The van der Waals surface area contributed by atoms with Gasteiger partial charge in [0.1, 0.15) is 5.01 Å². The molecular formula is C16H21N3S. The molecule has 2 aromatic rings. The molecule has 1 saturated carbocycles. The van der Waals surface area contributed by atoms with Gasteiger partial charge in [-0.05, 0) is 36.9 Å². The van der Waals surface area contributed by atoms with Gasteiger partial charge in [0.2, 0.25) is 0 Å². The minimum absolute atomic E-state index is 0.851. The lowest BCUT2D eigenvalue weighted by atomic mass is 9.98. The third kappa shape index (κ3) is 3.25. The fraction of sp³-hybridized carbons (Fsp3) is 0.500. The molecular weight excluding hydrogens is 266 g/mol. The Morgan fingerprint density at radius 2 is 2.30 bits per heavy atom. The van der Waals surface area contributed by atoms with Gasteiger partial charge in [0.05, 0.1) is 11.4 Å². The fourth-order valence-electron chi connectivity index (χ4n) is 2.91. The van der Waals surface area contributed by atoms with Crippen LogP contribution in [-0.2, 0) is 6.54 Å². The Balaban J connectivity index is 1.53. The average molecular weight is 287 g/mol. The van der Waals surface area contributed by atoms with Crippen LogP contribution in [0, 0.1) is 11.8 Å². The molecule has 0 aliphatic heterocycles. The number of hydrogen-bond donors (Lipinski definition) is 1. The van der Waals surface area contributed by atoms with Gasteiger partial charge in [-0.3, -0.25) is 4.98 Å². The van der Waals surface area contributed by atoms with Gasteiger partial charge in [0.25, 0.3) is 0 Å².